The molecule has 2 heteroatoms. The first kappa shape index (κ1) is 12.3. The molecule has 92 valence electrons. The molecule has 0 aliphatic heterocycles. The highest BCUT2D eigenvalue weighted by Gasteiger charge is 2.27. The van der Waals surface area contributed by atoms with Gasteiger partial charge in [-0.05, 0) is 30.7 Å². The van der Waals surface area contributed by atoms with Crippen molar-refractivity contribution in [3.63, 3.8) is 0 Å². The Morgan fingerprint density at radius 2 is 2.06 bits per heavy atom. The van der Waals surface area contributed by atoms with Crippen molar-refractivity contribution < 1.29 is 5.11 Å². The van der Waals surface area contributed by atoms with Crippen LogP contribution in [0.2, 0.25) is 0 Å². The van der Waals surface area contributed by atoms with Crippen LogP contribution in [0.1, 0.15) is 24.8 Å². The SMILES string of the molecule is C=C[C@@H]1CC[C@@H](O)[C@H](NCc2ccccc2)C1. The van der Waals surface area contributed by atoms with Crippen LogP contribution in [0.3, 0.4) is 0 Å². The Kier molecular flexibility index (Phi) is 4.35. The van der Waals surface area contributed by atoms with Gasteiger partial charge in [0.2, 0.25) is 0 Å². The Bertz CT molecular complexity index is 349. The van der Waals surface area contributed by atoms with Gasteiger partial charge in [-0.25, -0.2) is 0 Å². The van der Waals surface area contributed by atoms with Crippen LogP contribution in [0, 0.1) is 5.92 Å². The fraction of sp³-hybridized carbons (Fsp3) is 0.467. The van der Waals surface area contributed by atoms with E-state index >= 15 is 0 Å². The van der Waals surface area contributed by atoms with Gasteiger partial charge in [0.05, 0.1) is 6.10 Å². The summed E-state index contributed by atoms with van der Waals surface area (Å²) in [7, 11) is 0. The van der Waals surface area contributed by atoms with Gasteiger partial charge >= 0.3 is 0 Å². The average Bonchev–Trinajstić information content (AvgIpc) is 2.39. The van der Waals surface area contributed by atoms with Crippen LogP contribution in [0.4, 0.5) is 0 Å². The van der Waals surface area contributed by atoms with Crippen LogP contribution < -0.4 is 5.32 Å². The van der Waals surface area contributed by atoms with E-state index in [2.05, 4.69) is 24.0 Å². The molecule has 1 aliphatic carbocycles. The smallest absolute Gasteiger partial charge is 0.0693 e. The standard InChI is InChI=1S/C15H21NO/c1-2-12-8-9-15(17)14(10-12)16-11-13-6-4-3-5-7-13/h2-7,12,14-17H,1,8-11H2/t12-,14-,15-/m1/s1. The summed E-state index contributed by atoms with van der Waals surface area (Å²) in [6.45, 7) is 4.68. The molecule has 0 aromatic heterocycles. The highest BCUT2D eigenvalue weighted by molar-refractivity contribution is 5.14. The lowest BCUT2D eigenvalue weighted by atomic mass is 9.84. The summed E-state index contributed by atoms with van der Waals surface area (Å²) in [5, 5.41) is 13.4. The zero-order chi connectivity index (χ0) is 12.1. The van der Waals surface area contributed by atoms with Crippen molar-refractivity contribution in [2.24, 2.45) is 5.92 Å². The third kappa shape index (κ3) is 3.42. The number of allylic oxidation sites excluding steroid dienone is 1. The van der Waals surface area contributed by atoms with E-state index < -0.39 is 0 Å². The van der Waals surface area contributed by atoms with E-state index in [9.17, 15) is 5.11 Å². The molecule has 1 aliphatic rings. The maximum absolute atomic E-state index is 9.96. The summed E-state index contributed by atoms with van der Waals surface area (Å²) in [6, 6.07) is 10.5. The summed E-state index contributed by atoms with van der Waals surface area (Å²) in [6.07, 6.45) is 4.74. The lowest BCUT2D eigenvalue weighted by molar-refractivity contribution is 0.0778. The second kappa shape index (κ2) is 5.99. The second-order valence-electron chi connectivity index (χ2n) is 4.85. The minimum Gasteiger partial charge on any atom is -0.392 e. The Hall–Kier alpha value is -1.12. The average molecular weight is 231 g/mol. The molecule has 0 radical (unpaired) electrons. The molecular weight excluding hydrogens is 210 g/mol. The number of nitrogens with one attached hydrogen (secondary N) is 1. The fourth-order valence-corrected chi connectivity index (χ4v) is 2.47. The van der Waals surface area contributed by atoms with Gasteiger partial charge in [-0.3, -0.25) is 0 Å². The molecule has 1 saturated carbocycles. The van der Waals surface area contributed by atoms with Crippen molar-refractivity contribution in [2.45, 2.75) is 38.0 Å². The molecule has 0 spiro atoms. The van der Waals surface area contributed by atoms with Crippen molar-refractivity contribution in [2.75, 3.05) is 0 Å². The predicted octanol–water partition coefficient (Wildman–Crippen LogP) is 2.49. The minimum absolute atomic E-state index is 0.201. The lowest BCUT2D eigenvalue weighted by Gasteiger charge is -2.32. The molecule has 0 heterocycles. The Balaban J connectivity index is 1.87. The molecule has 1 aromatic rings. The molecule has 2 N–H and O–H groups in total. The van der Waals surface area contributed by atoms with Crippen LogP contribution in [0.15, 0.2) is 43.0 Å². The van der Waals surface area contributed by atoms with Crippen LogP contribution in [0.5, 0.6) is 0 Å². The first-order valence-corrected chi connectivity index (χ1v) is 6.37. The van der Waals surface area contributed by atoms with E-state index in [0.717, 1.165) is 25.8 Å². The van der Waals surface area contributed by atoms with Gasteiger partial charge in [-0.1, -0.05) is 36.4 Å². The lowest BCUT2D eigenvalue weighted by Crippen LogP contribution is -2.43. The van der Waals surface area contributed by atoms with Gasteiger partial charge in [0.25, 0.3) is 0 Å². The van der Waals surface area contributed by atoms with Crippen LogP contribution >= 0.6 is 0 Å². The van der Waals surface area contributed by atoms with E-state index in [1.807, 2.05) is 24.3 Å². The predicted molar refractivity (Wildman–Crippen MR) is 70.6 cm³/mol. The third-order valence-corrected chi connectivity index (χ3v) is 3.60. The summed E-state index contributed by atoms with van der Waals surface area (Å²) in [4.78, 5) is 0. The maximum atomic E-state index is 9.96. The number of benzene rings is 1. The largest absolute Gasteiger partial charge is 0.392 e. The molecule has 2 nitrogen and oxygen atoms in total. The molecule has 0 amide bonds. The van der Waals surface area contributed by atoms with Gasteiger partial charge < -0.3 is 10.4 Å². The van der Waals surface area contributed by atoms with E-state index in [0.29, 0.717) is 5.92 Å². The summed E-state index contributed by atoms with van der Waals surface area (Å²) in [5.41, 5.74) is 1.26. The molecule has 1 aromatic carbocycles. The molecule has 17 heavy (non-hydrogen) atoms. The highest BCUT2D eigenvalue weighted by Crippen LogP contribution is 2.25. The zero-order valence-corrected chi connectivity index (χ0v) is 10.2. The normalized spacial score (nSPS) is 28.9. The topological polar surface area (TPSA) is 32.3 Å². The fourth-order valence-electron chi connectivity index (χ4n) is 2.47. The Morgan fingerprint density at radius 3 is 2.76 bits per heavy atom. The van der Waals surface area contributed by atoms with E-state index in [1.54, 1.807) is 0 Å². The zero-order valence-electron chi connectivity index (χ0n) is 10.2. The van der Waals surface area contributed by atoms with E-state index in [1.165, 1.54) is 5.56 Å². The minimum atomic E-state index is -0.213. The van der Waals surface area contributed by atoms with Crippen molar-refractivity contribution in [1.82, 2.24) is 5.32 Å². The molecule has 0 unspecified atom stereocenters. The molecule has 0 bridgehead atoms. The van der Waals surface area contributed by atoms with Gasteiger partial charge in [0.1, 0.15) is 0 Å². The van der Waals surface area contributed by atoms with Crippen molar-refractivity contribution in [1.29, 1.82) is 0 Å². The number of hydrogen-bond acceptors (Lipinski definition) is 2. The monoisotopic (exact) mass is 231 g/mol. The molecule has 0 saturated heterocycles. The number of rotatable bonds is 4. The molecular formula is C15H21NO. The number of hydrogen-bond donors (Lipinski definition) is 2. The van der Waals surface area contributed by atoms with Gasteiger partial charge in [-0.15, -0.1) is 6.58 Å². The number of aliphatic hydroxyl groups is 1. The first-order valence-electron chi connectivity index (χ1n) is 6.37. The van der Waals surface area contributed by atoms with Gasteiger partial charge in [0.15, 0.2) is 0 Å². The van der Waals surface area contributed by atoms with Gasteiger partial charge in [0, 0.05) is 12.6 Å². The van der Waals surface area contributed by atoms with Crippen molar-refractivity contribution in [3.8, 4) is 0 Å². The summed E-state index contributed by atoms with van der Waals surface area (Å²) < 4.78 is 0. The van der Waals surface area contributed by atoms with E-state index in [-0.39, 0.29) is 12.1 Å². The molecule has 1 fully saturated rings. The van der Waals surface area contributed by atoms with Crippen LogP contribution in [-0.4, -0.2) is 17.3 Å². The van der Waals surface area contributed by atoms with Crippen LogP contribution in [-0.2, 0) is 6.54 Å². The molecule has 3 atom stereocenters. The summed E-state index contributed by atoms with van der Waals surface area (Å²) in [5.74, 6) is 0.548. The quantitative estimate of drug-likeness (QED) is 0.780. The van der Waals surface area contributed by atoms with Crippen molar-refractivity contribution >= 4 is 0 Å². The highest BCUT2D eigenvalue weighted by atomic mass is 16.3. The first-order chi connectivity index (χ1) is 8.29. The van der Waals surface area contributed by atoms with E-state index in [4.69, 9.17) is 0 Å². The van der Waals surface area contributed by atoms with Crippen LogP contribution in [0.25, 0.3) is 0 Å². The Labute approximate surface area is 103 Å². The third-order valence-electron chi connectivity index (χ3n) is 3.60. The number of aliphatic hydroxyl groups excluding tert-OH is 1. The Morgan fingerprint density at radius 1 is 1.29 bits per heavy atom. The molecule has 2 rings (SSSR count). The second-order valence-corrected chi connectivity index (χ2v) is 4.85. The maximum Gasteiger partial charge on any atom is 0.0693 e. The van der Waals surface area contributed by atoms with Crippen molar-refractivity contribution in [3.05, 3.63) is 48.6 Å². The van der Waals surface area contributed by atoms with Gasteiger partial charge in [-0.2, -0.15) is 0 Å². The summed E-state index contributed by atoms with van der Waals surface area (Å²) >= 11 is 0.